The van der Waals surface area contributed by atoms with E-state index in [0.717, 1.165) is 12.8 Å². The molecule has 2 atom stereocenters. The zero-order valence-corrected chi connectivity index (χ0v) is 8.73. The van der Waals surface area contributed by atoms with Crippen LogP contribution in [-0.2, 0) is 14.4 Å². The number of rotatable bonds is 1. The largest absolute Gasteiger partial charge is 0.481 e. The molecule has 4 fully saturated rings. The number of carboxylic acids is 1. The summed E-state index contributed by atoms with van der Waals surface area (Å²) < 4.78 is 0. The van der Waals surface area contributed by atoms with Gasteiger partial charge in [0.25, 0.3) is 0 Å². The number of nitrogens with one attached hydrogen (secondary N) is 1. The molecule has 3 aliphatic carbocycles. The van der Waals surface area contributed by atoms with E-state index in [0.29, 0.717) is 12.8 Å². The van der Waals surface area contributed by atoms with Gasteiger partial charge in [-0.1, -0.05) is 0 Å². The number of carbonyl (C=O) groups excluding carboxylic acids is 2. The lowest BCUT2D eigenvalue weighted by Crippen LogP contribution is -2.53. The number of hydrogen-bond acceptors (Lipinski definition) is 3. The normalized spacial score (nSPS) is 45.4. The van der Waals surface area contributed by atoms with Gasteiger partial charge in [-0.2, -0.15) is 0 Å². The lowest BCUT2D eigenvalue weighted by molar-refractivity contribution is -0.169. The van der Waals surface area contributed by atoms with E-state index in [-0.39, 0.29) is 23.7 Å². The van der Waals surface area contributed by atoms with Crippen molar-refractivity contribution in [1.82, 2.24) is 5.32 Å². The van der Waals surface area contributed by atoms with E-state index in [4.69, 9.17) is 0 Å². The second-order valence-corrected chi connectivity index (χ2v) is 5.16. The molecule has 0 aromatic carbocycles. The lowest BCUT2D eigenvalue weighted by Gasteiger charge is -2.49. The van der Waals surface area contributed by atoms with Gasteiger partial charge in [0.2, 0.25) is 11.8 Å². The Morgan fingerprint density at radius 2 is 1.88 bits per heavy atom. The molecule has 2 bridgehead atoms. The van der Waals surface area contributed by atoms with Crippen LogP contribution in [0.15, 0.2) is 0 Å². The number of imide groups is 1. The van der Waals surface area contributed by atoms with Gasteiger partial charge in [0, 0.05) is 0 Å². The molecule has 0 radical (unpaired) electrons. The molecule has 1 aliphatic heterocycles. The molecule has 5 nitrogen and oxygen atoms in total. The minimum Gasteiger partial charge on any atom is -0.481 e. The Kier molecular flexibility index (Phi) is 1.74. The summed E-state index contributed by atoms with van der Waals surface area (Å²) in [7, 11) is 0. The summed E-state index contributed by atoms with van der Waals surface area (Å²) in [5.74, 6) is -2.34. The van der Waals surface area contributed by atoms with Crippen LogP contribution in [0.3, 0.4) is 0 Å². The summed E-state index contributed by atoms with van der Waals surface area (Å²) in [5.41, 5.74) is -0.977. The number of carboxylic acid groups (broad SMARTS) is 1. The number of carbonyl (C=O) groups is 3. The van der Waals surface area contributed by atoms with E-state index < -0.39 is 17.3 Å². The Hall–Kier alpha value is -1.39. The van der Waals surface area contributed by atoms with Crippen LogP contribution in [0.2, 0.25) is 0 Å². The fourth-order valence-corrected chi connectivity index (χ4v) is 3.85. The standard InChI is InChI=1S/C11H13NO4/c13-8-6-5-1-3-11(4-2-5,10(15)16)7(6)9(14)12-8/h5-7H,1-4H2,(H,15,16)(H,12,13,14)/t5?,6-,7+,11?/m1/s1. The van der Waals surface area contributed by atoms with Crippen LogP contribution in [-0.4, -0.2) is 22.9 Å². The molecule has 2 amide bonds. The number of fused-ring (bicyclic) bond motifs is 2. The van der Waals surface area contributed by atoms with Crippen LogP contribution in [0.4, 0.5) is 0 Å². The number of amides is 2. The predicted octanol–water partition coefficient (Wildman–Crippen LogP) is 0.150. The topological polar surface area (TPSA) is 83.5 Å². The Bertz CT molecular complexity index is 395. The number of aliphatic carboxylic acids is 1. The summed E-state index contributed by atoms with van der Waals surface area (Å²) in [6, 6.07) is 0. The van der Waals surface area contributed by atoms with E-state index in [9.17, 15) is 19.5 Å². The van der Waals surface area contributed by atoms with Gasteiger partial charge in [-0.15, -0.1) is 0 Å². The molecule has 2 N–H and O–H groups in total. The van der Waals surface area contributed by atoms with Crippen LogP contribution in [0.25, 0.3) is 0 Å². The fraction of sp³-hybridized carbons (Fsp3) is 0.727. The first-order valence-corrected chi connectivity index (χ1v) is 5.64. The molecule has 86 valence electrons. The van der Waals surface area contributed by atoms with Crippen molar-refractivity contribution in [2.75, 3.05) is 0 Å². The molecular weight excluding hydrogens is 210 g/mol. The minimum absolute atomic E-state index is 0.206. The highest BCUT2D eigenvalue weighted by Gasteiger charge is 2.65. The van der Waals surface area contributed by atoms with E-state index in [1.807, 2.05) is 0 Å². The highest BCUT2D eigenvalue weighted by atomic mass is 16.4. The van der Waals surface area contributed by atoms with Gasteiger partial charge in [-0.05, 0) is 31.6 Å². The molecular formula is C11H13NO4. The van der Waals surface area contributed by atoms with E-state index >= 15 is 0 Å². The maximum absolute atomic E-state index is 11.7. The van der Waals surface area contributed by atoms with Crippen molar-refractivity contribution in [3.63, 3.8) is 0 Å². The van der Waals surface area contributed by atoms with E-state index in [1.54, 1.807) is 0 Å². The molecule has 0 spiro atoms. The molecule has 0 unspecified atom stereocenters. The van der Waals surface area contributed by atoms with Gasteiger partial charge >= 0.3 is 5.97 Å². The lowest BCUT2D eigenvalue weighted by atomic mass is 9.51. The SMILES string of the molecule is O=C1NC(=O)[C@@H]2[C@H]1C1CCC2(C(=O)O)CC1. The molecule has 5 heteroatoms. The molecule has 3 saturated carbocycles. The Labute approximate surface area is 92.2 Å². The van der Waals surface area contributed by atoms with Gasteiger partial charge in [0.15, 0.2) is 0 Å². The zero-order chi connectivity index (χ0) is 11.5. The molecule has 0 aromatic heterocycles. The first kappa shape index (κ1) is 9.81. The molecule has 4 rings (SSSR count). The third-order valence-corrected chi connectivity index (χ3v) is 4.64. The van der Waals surface area contributed by atoms with Gasteiger partial charge in [0.1, 0.15) is 0 Å². The van der Waals surface area contributed by atoms with Crippen molar-refractivity contribution in [3.05, 3.63) is 0 Å². The summed E-state index contributed by atoms with van der Waals surface area (Å²) in [5, 5.41) is 11.7. The zero-order valence-electron chi connectivity index (χ0n) is 8.73. The first-order chi connectivity index (χ1) is 7.56. The molecule has 16 heavy (non-hydrogen) atoms. The quantitative estimate of drug-likeness (QED) is 0.620. The van der Waals surface area contributed by atoms with Gasteiger partial charge in [0.05, 0.1) is 17.3 Å². The van der Waals surface area contributed by atoms with Crippen molar-refractivity contribution in [1.29, 1.82) is 0 Å². The van der Waals surface area contributed by atoms with Gasteiger partial charge < -0.3 is 5.11 Å². The maximum atomic E-state index is 11.7. The van der Waals surface area contributed by atoms with Crippen molar-refractivity contribution in [3.8, 4) is 0 Å². The summed E-state index contributed by atoms with van der Waals surface area (Å²) >= 11 is 0. The Morgan fingerprint density at radius 3 is 2.44 bits per heavy atom. The van der Waals surface area contributed by atoms with E-state index in [2.05, 4.69) is 5.32 Å². The van der Waals surface area contributed by atoms with Crippen molar-refractivity contribution in [2.24, 2.45) is 23.2 Å². The van der Waals surface area contributed by atoms with Crippen LogP contribution in [0.1, 0.15) is 25.7 Å². The highest BCUT2D eigenvalue weighted by molar-refractivity contribution is 6.07. The first-order valence-electron chi connectivity index (χ1n) is 5.64. The maximum Gasteiger partial charge on any atom is 0.310 e. The van der Waals surface area contributed by atoms with E-state index in [1.165, 1.54) is 0 Å². The van der Waals surface area contributed by atoms with Crippen LogP contribution in [0, 0.1) is 23.2 Å². The summed E-state index contributed by atoms with van der Waals surface area (Å²) in [6.07, 6.45) is 2.59. The van der Waals surface area contributed by atoms with Crippen molar-refractivity contribution < 1.29 is 19.5 Å². The Balaban J connectivity index is 2.10. The highest BCUT2D eigenvalue weighted by Crippen LogP contribution is 2.58. The van der Waals surface area contributed by atoms with Crippen molar-refractivity contribution in [2.45, 2.75) is 25.7 Å². The second kappa shape index (κ2) is 2.84. The molecule has 4 aliphatic rings. The third kappa shape index (κ3) is 0.936. The monoisotopic (exact) mass is 223 g/mol. The average molecular weight is 223 g/mol. The Morgan fingerprint density at radius 1 is 1.25 bits per heavy atom. The third-order valence-electron chi connectivity index (χ3n) is 4.64. The second-order valence-electron chi connectivity index (χ2n) is 5.16. The van der Waals surface area contributed by atoms with Gasteiger partial charge in [-0.3, -0.25) is 19.7 Å². The molecule has 1 heterocycles. The van der Waals surface area contributed by atoms with Crippen LogP contribution < -0.4 is 5.32 Å². The van der Waals surface area contributed by atoms with Crippen LogP contribution in [0.5, 0.6) is 0 Å². The van der Waals surface area contributed by atoms with Crippen molar-refractivity contribution >= 4 is 17.8 Å². The fourth-order valence-electron chi connectivity index (χ4n) is 3.85. The minimum atomic E-state index is -0.977. The molecule has 0 aromatic rings. The molecule has 1 saturated heterocycles. The summed E-state index contributed by atoms with van der Waals surface area (Å²) in [4.78, 5) is 34.8. The number of hydrogen-bond donors (Lipinski definition) is 2. The summed E-state index contributed by atoms with van der Waals surface area (Å²) in [6.45, 7) is 0. The average Bonchev–Trinajstić information content (AvgIpc) is 2.58. The van der Waals surface area contributed by atoms with Gasteiger partial charge in [-0.25, -0.2) is 0 Å². The van der Waals surface area contributed by atoms with Crippen LogP contribution >= 0.6 is 0 Å². The predicted molar refractivity (Wildman–Crippen MR) is 52.2 cm³/mol. The smallest absolute Gasteiger partial charge is 0.310 e.